The number of thioether (sulfide) groups is 1. The van der Waals surface area contributed by atoms with E-state index in [4.69, 9.17) is 0 Å². The zero-order valence-corrected chi connectivity index (χ0v) is 22.9. The Kier molecular flexibility index (Phi) is 8.07. The van der Waals surface area contributed by atoms with Crippen molar-refractivity contribution in [3.63, 3.8) is 0 Å². The predicted octanol–water partition coefficient (Wildman–Crippen LogP) is 5.33. The molecule has 1 aromatic heterocycles. The second-order valence-electron chi connectivity index (χ2n) is 10.7. The average Bonchev–Trinajstić information content (AvgIpc) is 3.48. The number of likely N-dealkylation sites (tertiary alicyclic amines) is 1. The van der Waals surface area contributed by atoms with Gasteiger partial charge in [0.25, 0.3) is 0 Å². The molecule has 3 heterocycles. The SMILES string of the molecule is CC(C)CCN1C(=O)C(CC(=O)N2CCC(n3cc(-c4ccccc4)[nH]c3=O)CC2)SC1c1ccccc1.[HH]. The summed E-state index contributed by atoms with van der Waals surface area (Å²) in [6, 6.07) is 20.0. The van der Waals surface area contributed by atoms with E-state index >= 15 is 0 Å². The van der Waals surface area contributed by atoms with Crippen LogP contribution in [0.3, 0.4) is 0 Å². The van der Waals surface area contributed by atoms with E-state index in [9.17, 15) is 14.4 Å². The summed E-state index contributed by atoms with van der Waals surface area (Å²) < 4.78 is 1.78. The standard InChI is InChI=1S/C30H36N4O3S.H2/c1-21(2)13-18-33-28(36)26(38-29(33)23-11-7-4-8-12-23)19-27(35)32-16-14-24(15-17-32)34-20-25(31-30(34)37)22-9-5-3-6-10-22;/h3-12,20-21,24,26,29H,13-19H2,1-2H3,(H,31,37);1H. The first-order valence-electron chi connectivity index (χ1n) is 13.6. The molecule has 0 spiro atoms. The molecular formula is C30H38N4O3S. The number of piperidine rings is 1. The van der Waals surface area contributed by atoms with Crippen LogP contribution in [0.15, 0.2) is 71.7 Å². The number of rotatable bonds is 8. The van der Waals surface area contributed by atoms with Crippen molar-refractivity contribution in [3.8, 4) is 11.3 Å². The summed E-state index contributed by atoms with van der Waals surface area (Å²) in [5.41, 5.74) is 2.78. The summed E-state index contributed by atoms with van der Waals surface area (Å²) in [6.45, 7) is 6.22. The van der Waals surface area contributed by atoms with Crippen LogP contribution in [0.4, 0.5) is 0 Å². The number of aromatic nitrogens is 2. The molecule has 3 aromatic rings. The average molecular weight is 535 g/mol. The van der Waals surface area contributed by atoms with Gasteiger partial charge in [-0.15, -0.1) is 11.8 Å². The van der Waals surface area contributed by atoms with Gasteiger partial charge in [0.05, 0.1) is 10.9 Å². The third-order valence-corrected chi connectivity index (χ3v) is 9.05. The third kappa shape index (κ3) is 5.75. The Morgan fingerprint density at radius 3 is 2.34 bits per heavy atom. The number of imidazole rings is 1. The van der Waals surface area contributed by atoms with Crippen LogP contribution in [-0.2, 0) is 9.59 Å². The molecule has 5 rings (SSSR count). The van der Waals surface area contributed by atoms with Crippen molar-refractivity contribution in [1.82, 2.24) is 19.4 Å². The van der Waals surface area contributed by atoms with Gasteiger partial charge < -0.3 is 14.8 Å². The molecule has 2 unspecified atom stereocenters. The number of amides is 2. The maximum atomic E-state index is 13.4. The summed E-state index contributed by atoms with van der Waals surface area (Å²) in [5.74, 6) is 0.598. The van der Waals surface area contributed by atoms with Crippen molar-refractivity contribution in [2.24, 2.45) is 5.92 Å². The topological polar surface area (TPSA) is 78.4 Å². The Morgan fingerprint density at radius 2 is 1.68 bits per heavy atom. The fraction of sp³-hybridized carbons (Fsp3) is 0.433. The third-order valence-electron chi connectivity index (χ3n) is 7.57. The summed E-state index contributed by atoms with van der Waals surface area (Å²) in [4.78, 5) is 46.1. The smallest absolute Gasteiger partial charge is 0.326 e. The molecule has 0 saturated carbocycles. The molecule has 2 amide bonds. The van der Waals surface area contributed by atoms with Crippen molar-refractivity contribution in [3.05, 3.63) is 82.9 Å². The van der Waals surface area contributed by atoms with Gasteiger partial charge in [-0.3, -0.25) is 14.2 Å². The normalized spacial score (nSPS) is 20.4. The van der Waals surface area contributed by atoms with Gasteiger partial charge in [0, 0.05) is 39.7 Å². The number of carbonyl (C=O) groups excluding carboxylic acids is 2. The van der Waals surface area contributed by atoms with E-state index < -0.39 is 0 Å². The fourth-order valence-corrected chi connectivity index (χ4v) is 6.82. The van der Waals surface area contributed by atoms with Crippen molar-refractivity contribution >= 4 is 23.6 Å². The maximum Gasteiger partial charge on any atom is 0.326 e. The molecule has 7 nitrogen and oxygen atoms in total. The minimum Gasteiger partial charge on any atom is -0.342 e. The zero-order chi connectivity index (χ0) is 26.6. The van der Waals surface area contributed by atoms with E-state index in [1.807, 2.05) is 64.5 Å². The van der Waals surface area contributed by atoms with Crippen LogP contribution >= 0.6 is 11.8 Å². The Labute approximate surface area is 229 Å². The molecule has 2 aliphatic heterocycles. The molecule has 38 heavy (non-hydrogen) atoms. The summed E-state index contributed by atoms with van der Waals surface area (Å²) in [6.07, 6.45) is 4.49. The Bertz CT molecular complexity index is 1300. The van der Waals surface area contributed by atoms with Crippen molar-refractivity contribution in [2.75, 3.05) is 19.6 Å². The minimum atomic E-state index is -0.363. The van der Waals surface area contributed by atoms with Crippen molar-refractivity contribution in [1.29, 1.82) is 0 Å². The number of nitrogens with one attached hydrogen (secondary N) is 1. The van der Waals surface area contributed by atoms with Gasteiger partial charge in [0.1, 0.15) is 5.37 Å². The number of benzene rings is 2. The number of H-pyrrole nitrogens is 1. The van der Waals surface area contributed by atoms with Crippen LogP contribution in [0, 0.1) is 5.92 Å². The highest BCUT2D eigenvalue weighted by molar-refractivity contribution is 8.01. The van der Waals surface area contributed by atoms with Gasteiger partial charge in [-0.25, -0.2) is 4.79 Å². The molecule has 0 aliphatic carbocycles. The van der Waals surface area contributed by atoms with Crippen LogP contribution in [0.5, 0.6) is 0 Å². The number of hydrogen-bond donors (Lipinski definition) is 1. The molecule has 1 N–H and O–H groups in total. The molecule has 2 saturated heterocycles. The number of nitrogens with zero attached hydrogens (tertiary/aromatic N) is 3. The summed E-state index contributed by atoms with van der Waals surface area (Å²) in [7, 11) is 0. The number of hydrogen-bond acceptors (Lipinski definition) is 4. The lowest BCUT2D eigenvalue weighted by molar-refractivity contribution is -0.136. The second kappa shape index (κ2) is 11.6. The molecule has 0 bridgehead atoms. The van der Waals surface area contributed by atoms with E-state index in [2.05, 4.69) is 31.0 Å². The van der Waals surface area contributed by atoms with Crippen molar-refractivity contribution < 1.29 is 11.0 Å². The molecule has 0 radical (unpaired) electrons. The van der Waals surface area contributed by atoms with E-state index in [0.29, 0.717) is 25.6 Å². The van der Waals surface area contributed by atoms with Gasteiger partial charge in [0.2, 0.25) is 11.8 Å². The molecule has 202 valence electrons. The molecular weight excluding hydrogens is 496 g/mol. The molecule has 2 fully saturated rings. The minimum absolute atomic E-state index is 0. The largest absolute Gasteiger partial charge is 0.342 e. The second-order valence-corrected chi connectivity index (χ2v) is 12.0. The number of aromatic amines is 1. The van der Waals surface area contributed by atoms with E-state index in [0.717, 1.165) is 36.1 Å². The molecule has 2 aromatic carbocycles. The maximum absolute atomic E-state index is 13.4. The lowest BCUT2D eigenvalue weighted by Gasteiger charge is -2.32. The summed E-state index contributed by atoms with van der Waals surface area (Å²) in [5, 5.41) is -0.413. The fourth-order valence-electron chi connectivity index (χ4n) is 5.35. The monoisotopic (exact) mass is 534 g/mol. The van der Waals surface area contributed by atoms with Crippen LogP contribution in [-0.4, -0.2) is 56.0 Å². The van der Waals surface area contributed by atoms with Gasteiger partial charge in [-0.2, -0.15) is 0 Å². The first-order valence-corrected chi connectivity index (χ1v) is 14.5. The Balaban J connectivity index is 0.00000353. The Hall–Kier alpha value is -3.26. The lowest BCUT2D eigenvalue weighted by Crippen LogP contribution is -2.42. The van der Waals surface area contributed by atoms with Crippen LogP contribution in [0.1, 0.15) is 57.9 Å². The Morgan fingerprint density at radius 1 is 1.03 bits per heavy atom. The first kappa shape index (κ1) is 26.4. The highest BCUT2D eigenvalue weighted by Gasteiger charge is 2.42. The lowest BCUT2D eigenvalue weighted by atomic mass is 10.0. The van der Waals surface area contributed by atoms with E-state index in [-0.39, 0.29) is 42.0 Å². The molecule has 8 heteroatoms. The van der Waals surface area contributed by atoms with E-state index in [1.54, 1.807) is 16.3 Å². The van der Waals surface area contributed by atoms with Gasteiger partial charge >= 0.3 is 5.69 Å². The number of carbonyl (C=O) groups is 2. The van der Waals surface area contributed by atoms with Crippen LogP contribution in [0.25, 0.3) is 11.3 Å². The van der Waals surface area contributed by atoms with Gasteiger partial charge in [0.15, 0.2) is 0 Å². The van der Waals surface area contributed by atoms with Gasteiger partial charge in [-0.05, 0) is 36.3 Å². The predicted molar refractivity (Wildman–Crippen MR) is 154 cm³/mol. The van der Waals surface area contributed by atoms with Gasteiger partial charge in [-0.1, -0.05) is 74.5 Å². The van der Waals surface area contributed by atoms with Crippen LogP contribution in [0.2, 0.25) is 0 Å². The quantitative estimate of drug-likeness (QED) is 0.424. The van der Waals surface area contributed by atoms with Crippen LogP contribution < -0.4 is 5.69 Å². The van der Waals surface area contributed by atoms with E-state index in [1.165, 1.54) is 0 Å². The molecule has 2 aliphatic rings. The summed E-state index contributed by atoms with van der Waals surface area (Å²) >= 11 is 1.60. The highest BCUT2D eigenvalue weighted by atomic mass is 32.2. The van der Waals surface area contributed by atoms with Crippen molar-refractivity contribution in [2.45, 2.75) is 56.2 Å². The highest BCUT2D eigenvalue weighted by Crippen LogP contribution is 2.44. The first-order chi connectivity index (χ1) is 18.4. The molecule has 2 atom stereocenters. The zero-order valence-electron chi connectivity index (χ0n) is 22.1.